The molecule has 1 spiro atoms. The van der Waals surface area contributed by atoms with Gasteiger partial charge in [-0.25, -0.2) is 9.37 Å². The molecule has 2 aliphatic rings. The van der Waals surface area contributed by atoms with Gasteiger partial charge in [0.05, 0.1) is 12.1 Å². The van der Waals surface area contributed by atoms with E-state index in [4.69, 9.17) is 9.72 Å². The van der Waals surface area contributed by atoms with Crippen LogP contribution in [-0.2, 0) is 17.3 Å². The van der Waals surface area contributed by atoms with Crippen LogP contribution in [-0.4, -0.2) is 48.4 Å². The summed E-state index contributed by atoms with van der Waals surface area (Å²) in [5, 5.41) is 17.5. The van der Waals surface area contributed by atoms with E-state index >= 15 is 0 Å². The highest BCUT2D eigenvalue weighted by atomic mass is 28.3. The molecule has 6 nitrogen and oxygen atoms in total. The molecule has 1 aromatic carbocycles. The van der Waals surface area contributed by atoms with E-state index < -0.39 is 20.2 Å². The van der Waals surface area contributed by atoms with Crippen molar-refractivity contribution in [3.05, 3.63) is 59.0 Å². The molecule has 1 aliphatic carbocycles. The van der Waals surface area contributed by atoms with Gasteiger partial charge in [0.15, 0.2) is 0 Å². The number of nitrogens with one attached hydrogen (secondary N) is 2. The fourth-order valence-corrected chi connectivity index (χ4v) is 6.59. The number of pyridine rings is 1. The molecule has 1 saturated carbocycles. The molecule has 0 unspecified atom stereocenters. The zero-order valence-electron chi connectivity index (χ0n) is 21.2. The standard InChI is InChI=1S/C27H38FN3O3Si/c1-18(32)31-23(13-19-6-8-21(28)9-7-19)25(33)16-29-24-14-27(10-5-11-27)34-26-22(24)12-20(15-30-26)17-35(2,3)4/h6-9,12,15,23-25,29,33H,5,10-11,13-14,16-17H2,1-4H3,(H,31,32)/t23-,24-,25-/m0/s1. The Morgan fingerprint density at radius 1 is 1.26 bits per heavy atom. The molecule has 35 heavy (non-hydrogen) atoms. The van der Waals surface area contributed by atoms with E-state index in [0.29, 0.717) is 18.8 Å². The summed E-state index contributed by atoms with van der Waals surface area (Å²) in [4.78, 5) is 16.5. The molecule has 0 saturated heterocycles. The van der Waals surface area contributed by atoms with Crippen LogP contribution in [0.2, 0.25) is 19.6 Å². The van der Waals surface area contributed by atoms with Crippen LogP contribution in [0.3, 0.4) is 0 Å². The Bertz CT molecular complexity index is 1040. The summed E-state index contributed by atoms with van der Waals surface area (Å²) in [7, 11) is -1.30. The number of hydrogen-bond donors (Lipinski definition) is 3. The molecule has 4 rings (SSSR count). The van der Waals surface area contributed by atoms with E-state index in [1.54, 1.807) is 12.1 Å². The lowest BCUT2D eigenvalue weighted by atomic mass is 9.73. The van der Waals surface area contributed by atoms with E-state index in [1.807, 2.05) is 6.20 Å². The third-order valence-corrected chi connectivity index (χ3v) is 8.46. The summed E-state index contributed by atoms with van der Waals surface area (Å²) >= 11 is 0. The first-order chi connectivity index (χ1) is 16.5. The van der Waals surface area contributed by atoms with E-state index in [2.05, 4.69) is 36.3 Å². The summed E-state index contributed by atoms with van der Waals surface area (Å²) in [6.45, 7) is 8.80. The molecule has 8 heteroatoms. The monoisotopic (exact) mass is 499 g/mol. The smallest absolute Gasteiger partial charge is 0.218 e. The number of aliphatic hydroxyl groups excluding tert-OH is 1. The largest absolute Gasteiger partial charge is 0.471 e. The Hall–Kier alpha value is -2.29. The molecule has 0 bridgehead atoms. The zero-order valence-corrected chi connectivity index (χ0v) is 22.2. The maximum atomic E-state index is 13.3. The number of rotatable bonds is 9. The van der Waals surface area contributed by atoms with Gasteiger partial charge in [-0.15, -0.1) is 0 Å². The number of amides is 1. The summed E-state index contributed by atoms with van der Waals surface area (Å²) in [5.74, 6) is 0.186. The van der Waals surface area contributed by atoms with E-state index in [1.165, 1.54) is 24.6 Å². The number of carbonyl (C=O) groups excluding carboxylic acids is 1. The van der Waals surface area contributed by atoms with Gasteiger partial charge in [0.2, 0.25) is 11.8 Å². The Labute approximate surface area is 208 Å². The first-order valence-corrected chi connectivity index (χ1v) is 16.3. The summed E-state index contributed by atoms with van der Waals surface area (Å²) < 4.78 is 19.7. The predicted molar refractivity (Wildman–Crippen MR) is 138 cm³/mol. The third-order valence-electron chi connectivity index (χ3n) is 6.99. The van der Waals surface area contributed by atoms with Gasteiger partial charge in [0.25, 0.3) is 0 Å². The number of halogens is 1. The molecule has 1 amide bonds. The Kier molecular flexibility index (Phi) is 7.64. The first kappa shape index (κ1) is 25.8. The lowest BCUT2D eigenvalue weighted by molar-refractivity contribution is -0.120. The highest BCUT2D eigenvalue weighted by Gasteiger charge is 2.46. The molecule has 3 N–H and O–H groups in total. The number of carbonyl (C=O) groups is 1. The minimum absolute atomic E-state index is 0.0200. The van der Waals surface area contributed by atoms with Crippen molar-refractivity contribution >= 4 is 14.0 Å². The normalized spacial score (nSPS) is 20.3. The molecule has 3 atom stereocenters. The van der Waals surface area contributed by atoms with Crippen LogP contribution in [0, 0.1) is 5.82 Å². The van der Waals surface area contributed by atoms with Gasteiger partial charge >= 0.3 is 0 Å². The minimum atomic E-state index is -1.30. The van der Waals surface area contributed by atoms with Gasteiger partial charge < -0.3 is 20.5 Å². The molecule has 1 aliphatic heterocycles. The van der Waals surface area contributed by atoms with Crippen LogP contribution in [0.5, 0.6) is 5.88 Å². The molecular weight excluding hydrogens is 461 g/mol. The molecule has 2 heterocycles. The highest BCUT2D eigenvalue weighted by molar-refractivity contribution is 6.75. The number of fused-ring (bicyclic) bond motifs is 1. The fraction of sp³-hybridized carbons (Fsp3) is 0.556. The quantitative estimate of drug-likeness (QED) is 0.453. The van der Waals surface area contributed by atoms with Crippen molar-refractivity contribution in [3.8, 4) is 5.88 Å². The van der Waals surface area contributed by atoms with Crippen molar-refractivity contribution in [1.29, 1.82) is 0 Å². The summed E-state index contributed by atoms with van der Waals surface area (Å²) in [6.07, 6.45) is 5.59. The topological polar surface area (TPSA) is 83.5 Å². The highest BCUT2D eigenvalue weighted by Crippen LogP contribution is 2.48. The first-order valence-electron chi connectivity index (χ1n) is 12.6. The molecule has 2 aromatic rings. The van der Waals surface area contributed by atoms with Crippen LogP contribution in [0.25, 0.3) is 0 Å². The molecule has 1 aromatic heterocycles. The average Bonchev–Trinajstić information content (AvgIpc) is 2.75. The van der Waals surface area contributed by atoms with E-state index in [0.717, 1.165) is 42.9 Å². The maximum Gasteiger partial charge on any atom is 0.218 e. The molecule has 190 valence electrons. The van der Waals surface area contributed by atoms with Crippen LogP contribution in [0.15, 0.2) is 36.5 Å². The number of aliphatic hydroxyl groups is 1. The summed E-state index contributed by atoms with van der Waals surface area (Å²) in [6, 6.07) is 8.97. The lowest BCUT2D eigenvalue weighted by Crippen LogP contribution is -2.52. The van der Waals surface area contributed by atoms with E-state index in [-0.39, 0.29) is 23.4 Å². The lowest BCUT2D eigenvalue weighted by Gasteiger charge is -2.47. The zero-order chi connectivity index (χ0) is 25.2. The number of hydrogen-bond acceptors (Lipinski definition) is 5. The van der Waals surface area contributed by atoms with Crippen molar-refractivity contribution in [2.24, 2.45) is 0 Å². The van der Waals surface area contributed by atoms with Crippen LogP contribution in [0.1, 0.15) is 55.3 Å². The number of benzene rings is 1. The van der Waals surface area contributed by atoms with Gasteiger partial charge in [-0.3, -0.25) is 4.79 Å². The Morgan fingerprint density at radius 2 is 1.97 bits per heavy atom. The number of ether oxygens (including phenoxy) is 1. The van der Waals surface area contributed by atoms with Crippen molar-refractivity contribution in [1.82, 2.24) is 15.6 Å². The van der Waals surface area contributed by atoms with Crippen LogP contribution < -0.4 is 15.4 Å². The van der Waals surface area contributed by atoms with Crippen LogP contribution in [0.4, 0.5) is 4.39 Å². The van der Waals surface area contributed by atoms with Crippen molar-refractivity contribution in [3.63, 3.8) is 0 Å². The van der Waals surface area contributed by atoms with Crippen molar-refractivity contribution < 1.29 is 19.0 Å². The average molecular weight is 500 g/mol. The van der Waals surface area contributed by atoms with Gasteiger partial charge in [-0.05, 0) is 61.1 Å². The predicted octanol–water partition coefficient (Wildman–Crippen LogP) is 4.08. The number of aromatic nitrogens is 1. The second kappa shape index (κ2) is 10.4. The third kappa shape index (κ3) is 6.68. The van der Waals surface area contributed by atoms with Gasteiger partial charge in [0.1, 0.15) is 11.4 Å². The second-order valence-electron chi connectivity index (χ2n) is 11.5. The van der Waals surface area contributed by atoms with Gasteiger partial charge in [-0.2, -0.15) is 0 Å². The minimum Gasteiger partial charge on any atom is -0.471 e. The number of nitrogens with zero attached hydrogens (tertiary/aromatic N) is 1. The summed E-state index contributed by atoms with van der Waals surface area (Å²) in [5.41, 5.74) is 2.97. The van der Waals surface area contributed by atoms with Crippen molar-refractivity contribution in [2.45, 2.75) is 88.5 Å². The fourth-order valence-electron chi connectivity index (χ4n) is 5.17. The Morgan fingerprint density at radius 3 is 2.57 bits per heavy atom. The van der Waals surface area contributed by atoms with Gasteiger partial charge in [-0.1, -0.05) is 31.8 Å². The van der Waals surface area contributed by atoms with E-state index in [9.17, 15) is 14.3 Å². The van der Waals surface area contributed by atoms with Gasteiger partial charge in [0, 0.05) is 45.8 Å². The Balaban J connectivity index is 1.49. The molecule has 0 radical (unpaired) electrons. The second-order valence-corrected chi connectivity index (χ2v) is 17.0. The SMILES string of the molecule is CC(=O)N[C@@H](Cc1ccc(F)cc1)[C@@H](O)CN[C@H]1CC2(CCC2)Oc2ncc(C[Si](C)(C)C)cc21. The maximum absolute atomic E-state index is 13.3. The molecular formula is C27H38FN3O3Si. The van der Waals surface area contributed by atoms with Crippen LogP contribution >= 0.6 is 0 Å². The molecule has 1 fully saturated rings. The van der Waals surface area contributed by atoms with Crippen molar-refractivity contribution in [2.75, 3.05) is 6.54 Å².